The van der Waals surface area contributed by atoms with Gasteiger partial charge in [0.15, 0.2) is 6.61 Å². The molecule has 0 spiro atoms. The number of ketones is 1. The molecule has 2 aromatic rings. The zero-order valence-electron chi connectivity index (χ0n) is 13.2. The van der Waals surface area contributed by atoms with Crippen molar-refractivity contribution in [3.63, 3.8) is 0 Å². The van der Waals surface area contributed by atoms with E-state index in [1.54, 1.807) is 0 Å². The van der Waals surface area contributed by atoms with Crippen LogP contribution in [0.5, 0.6) is 0 Å². The highest BCUT2D eigenvalue weighted by molar-refractivity contribution is 7.89. The van der Waals surface area contributed by atoms with E-state index in [4.69, 9.17) is 16.3 Å². The highest BCUT2D eigenvalue weighted by Crippen LogP contribution is 2.22. The van der Waals surface area contributed by atoms with Crippen LogP contribution in [0.3, 0.4) is 0 Å². The lowest BCUT2D eigenvalue weighted by atomic mass is 10.2. The Morgan fingerprint density at radius 2 is 1.92 bits per heavy atom. The van der Waals surface area contributed by atoms with E-state index in [1.165, 1.54) is 26.2 Å². The lowest BCUT2D eigenvalue weighted by Gasteiger charge is -2.12. The van der Waals surface area contributed by atoms with E-state index in [1.807, 2.05) is 0 Å². The van der Waals surface area contributed by atoms with Gasteiger partial charge in [-0.05, 0) is 30.3 Å². The molecule has 0 bridgehead atoms. The van der Waals surface area contributed by atoms with Crippen LogP contribution in [0.25, 0.3) is 0 Å². The molecule has 134 valence electrons. The molecule has 0 aliphatic heterocycles. The fourth-order valence-electron chi connectivity index (χ4n) is 1.78. The largest absolute Gasteiger partial charge is 0.454 e. The first kappa shape index (κ1) is 19.5. The van der Waals surface area contributed by atoms with Gasteiger partial charge in [-0.1, -0.05) is 11.6 Å². The van der Waals surface area contributed by atoms with E-state index < -0.39 is 39.8 Å². The van der Waals surface area contributed by atoms with Gasteiger partial charge in [0.1, 0.15) is 5.82 Å². The van der Waals surface area contributed by atoms with Gasteiger partial charge >= 0.3 is 5.97 Å². The summed E-state index contributed by atoms with van der Waals surface area (Å²) in [5.41, 5.74) is -0.570. The second-order valence-corrected chi connectivity index (χ2v) is 8.90. The highest BCUT2D eigenvalue weighted by Gasteiger charge is 2.22. The van der Waals surface area contributed by atoms with E-state index in [-0.39, 0.29) is 4.90 Å². The van der Waals surface area contributed by atoms with E-state index >= 15 is 0 Å². The molecular weight excluding hydrogens is 393 g/mol. The van der Waals surface area contributed by atoms with Crippen LogP contribution in [-0.2, 0) is 14.8 Å². The fraction of sp³-hybridized carbons (Fsp3) is 0.200. The minimum Gasteiger partial charge on any atom is -0.454 e. The zero-order valence-corrected chi connectivity index (χ0v) is 15.5. The number of halogens is 2. The average molecular weight is 406 g/mol. The fourth-order valence-corrected chi connectivity index (χ4v) is 3.67. The number of thiophene rings is 1. The summed E-state index contributed by atoms with van der Waals surface area (Å²) in [7, 11) is -1.23. The summed E-state index contributed by atoms with van der Waals surface area (Å²) in [5, 5.41) is 0. The maximum atomic E-state index is 13.9. The number of ether oxygens (including phenoxy) is 1. The van der Waals surface area contributed by atoms with Crippen molar-refractivity contribution in [2.75, 3.05) is 20.7 Å². The molecule has 0 fully saturated rings. The third-order valence-corrected chi connectivity index (χ3v) is 6.20. The molecule has 0 saturated heterocycles. The van der Waals surface area contributed by atoms with E-state index in [2.05, 4.69) is 0 Å². The molecule has 25 heavy (non-hydrogen) atoms. The summed E-state index contributed by atoms with van der Waals surface area (Å²) in [4.78, 5) is 23.9. The average Bonchev–Trinajstić information content (AvgIpc) is 2.99. The Hall–Kier alpha value is -1.81. The Kier molecular flexibility index (Phi) is 5.94. The number of hydrogen-bond donors (Lipinski definition) is 0. The maximum Gasteiger partial charge on any atom is 0.341 e. The number of sulfonamides is 1. The van der Waals surface area contributed by atoms with Crippen molar-refractivity contribution in [2.24, 2.45) is 0 Å². The first-order valence-electron chi connectivity index (χ1n) is 6.80. The second-order valence-electron chi connectivity index (χ2n) is 5.03. The lowest BCUT2D eigenvalue weighted by molar-refractivity contribution is 0.0471. The third kappa shape index (κ3) is 4.43. The van der Waals surface area contributed by atoms with Gasteiger partial charge < -0.3 is 4.74 Å². The Bertz CT molecular complexity index is 924. The number of carbonyl (C=O) groups excluding carboxylic acids is 2. The van der Waals surface area contributed by atoms with Crippen molar-refractivity contribution in [1.29, 1.82) is 0 Å². The standard InChI is InChI=1S/C15H13ClFNO5S2/c1-18(2)25(21,22)9-3-4-11(17)10(7-9)15(20)23-8-12(19)13-5-6-14(16)24-13/h3-7H,8H2,1-2H3. The van der Waals surface area contributed by atoms with Crippen LogP contribution in [0.1, 0.15) is 20.0 Å². The van der Waals surface area contributed by atoms with Gasteiger partial charge in [-0.3, -0.25) is 4.79 Å². The van der Waals surface area contributed by atoms with Crippen LogP contribution < -0.4 is 0 Å². The molecule has 6 nitrogen and oxygen atoms in total. The Morgan fingerprint density at radius 3 is 2.48 bits per heavy atom. The Balaban J connectivity index is 2.17. The number of Topliss-reactive ketones (excluding diaryl/α,β-unsaturated/α-hetero) is 1. The first-order chi connectivity index (χ1) is 11.6. The minimum atomic E-state index is -3.84. The monoisotopic (exact) mass is 405 g/mol. The predicted molar refractivity (Wildman–Crippen MR) is 91.2 cm³/mol. The number of nitrogens with zero attached hydrogens (tertiary/aromatic N) is 1. The van der Waals surface area contributed by atoms with Crippen molar-refractivity contribution in [3.8, 4) is 0 Å². The molecular formula is C15H13ClFNO5S2. The molecule has 1 heterocycles. The van der Waals surface area contributed by atoms with Crippen LogP contribution in [0, 0.1) is 5.82 Å². The van der Waals surface area contributed by atoms with Crippen LogP contribution in [0.15, 0.2) is 35.2 Å². The molecule has 0 aliphatic carbocycles. The molecule has 10 heteroatoms. The third-order valence-electron chi connectivity index (χ3n) is 3.12. The van der Waals surface area contributed by atoms with Crippen molar-refractivity contribution in [2.45, 2.75) is 4.90 Å². The summed E-state index contributed by atoms with van der Waals surface area (Å²) in [6, 6.07) is 5.78. The van der Waals surface area contributed by atoms with Crippen LogP contribution in [-0.4, -0.2) is 45.2 Å². The summed E-state index contributed by atoms with van der Waals surface area (Å²) < 4.78 is 44.1. The smallest absolute Gasteiger partial charge is 0.341 e. The molecule has 0 amide bonds. The normalized spacial score (nSPS) is 11.6. The van der Waals surface area contributed by atoms with Gasteiger partial charge in [0.25, 0.3) is 0 Å². The summed E-state index contributed by atoms with van der Waals surface area (Å²) in [6.45, 7) is -0.611. The summed E-state index contributed by atoms with van der Waals surface area (Å²) in [6.07, 6.45) is 0. The first-order valence-corrected chi connectivity index (χ1v) is 9.44. The zero-order chi connectivity index (χ0) is 18.8. The van der Waals surface area contributed by atoms with E-state index in [0.29, 0.717) is 9.21 Å². The van der Waals surface area contributed by atoms with Gasteiger partial charge in [0, 0.05) is 14.1 Å². The molecule has 1 aromatic carbocycles. The molecule has 0 unspecified atom stereocenters. The Morgan fingerprint density at radius 1 is 1.24 bits per heavy atom. The van der Waals surface area contributed by atoms with Crippen molar-refractivity contribution < 1.29 is 27.1 Å². The topological polar surface area (TPSA) is 80.8 Å². The molecule has 1 aromatic heterocycles. The molecule has 0 N–H and O–H groups in total. The second kappa shape index (κ2) is 7.61. The minimum absolute atomic E-state index is 0.262. The molecule has 2 rings (SSSR count). The van der Waals surface area contributed by atoms with Gasteiger partial charge in [0.2, 0.25) is 15.8 Å². The van der Waals surface area contributed by atoms with Gasteiger partial charge in [-0.25, -0.2) is 21.9 Å². The summed E-state index contributed by atoms with van der Waals surface area (Å²) in [5.74, 6) is -2.58. The van der Waals surface area contributed by atoms with E-state index in [0.717, 1.165) is 33.8 Å². The van der Waals surface area contributed by atoms with Crippen molar-refractivity contribution >= 4 is 44.7 Å². The van der Waals surface area contributed by atoms with Crippen LogP contribution in [0.4, 0.5) is 4.39 Å². The van der Waals surface area contributed by atoms with Crippen molar-refractivity contribution in [1.82, 2.24) is 4.31 Å². The number of benzene rings is 1. The van der Waals surface area contributed by atoms with E-state index in [9.17, 15) is 22.4 Å². The maximum absolute atomic E-state index is 13.9. The highest BCUT2D eigenvalue weighted by atomic mass is 35.5. The van der Waals surface area contributed by atoms with Gasteiger partial charge in [0.05, 0.1) is 19.7 Å². The molecule has 0 radical (unpaired) electrons. The molecule has 0 atom stereocenters. The number of hydrogen-bond acceptors (Lipinski definition) is 6. The number of esters is 1. The van der Waals surface area contributed by atoms with Gasteiger partial charge in [-0.15, -0.1) is 11.3 Å². The SMILES string of the molecule is CN(C)S(=O)(=O)c1ccc(F)c(C(=O)OCC(=O)c2ccc(Cl)s2)c1. The van der Waals surface area contributed by atoms with Crippen molar-refractivity contribution in [3.05, 3.63) is 50.9 Å². The molecule has 0 aliphatic rings. The number of carbonyl (C=O) groups is 2. The van der Waals surface area contributed by atoms with Gasteiger partial charge in [-0.2, -0.15) is 0 Å². The lowest BCUT2D eigenvalue weighted by Crippen LogP contribution is -2.23. The Labute approximate surface area is 152 Å². The van der Waals surface area contributed by atoms with Crippen LogP contribution in [0.2, 0.25) is 4.34 Å². The van der Waals surface area contributed by atoms with Crippen LogP contribution >= 0.6 is 22.9 Å². The molecule has 0 saturated carbocycles. The number of rotatable bonds is 6. The quantitative estimate of drug-likeness (QED) is 0.545. The predicted octanol–water partition coefficient (Wildman–Crippen LogP) is 2.83. The summed E-state index contributed by atoms with van der Waals surface area (Å²) >= 11 is 6.74.